The molecular formula is C18H17ClN2O3S2. The van der Waals surface area contributed by atoms with Gasteiger partial charge in [-0.15, -0.1) is 0 Å². The number of ether oxygens (including phenoxy) is 1. The van der Waals surface area contributed by atoms with Gasteiger partial charge in [0.05, 0.1) is 15.1 Å². The number of hydrogen-bond donors (Lipinski definition) is 0. The molecule has 0 amide bonds. The van der Waals surface area contributed by atoms with Crippen LogP contribution in [0.4, 0.5) is 0 Å². The van der Waals surface area contributed by atoms with E-state index in [-0.39, 0.29) is 11.0 Å². The maximum Gasteiger partial charge on any atom is 0.274 e. The van der Waals surface area contributed by atoms with Gasteiger partial charge in [-0.05, 0) is 49.2 Å². The molecule has 0 spiro atoms. The summed E-state index contributed by atoms with van der Waals surface area (Å²) in [5.74, 6) is 0. The zero-order chi connectivity index (χ0) is 18.1. The molecule has 1 aromatic heterocycles. The van der Waals surface area contributed by atoms with Gasteiger partial charge in [0.15, 0.2) is 0 Å². The summed E-state index contributed by atoms with van der Waals surface area (Å²) in [5, 5.41) is 1.16. The Kier molecular flexibility index (Phi) is 4.88. The summed E-state index contributed by atoms with van der Waals surface area (Å²) in [6, 6.07) is 14.2. The summed E-state index contributed by atoms with van der Waals surface area (Å²) in [4.78, 5) is 4.75. The summed E-state index contributed by atoms with van der Waals surface area (Å²) >= 11 is 7.36. The molecule has 0 unspecified atom stereocenters. The van der Waals surface area contributed by atoms with E-state index in [4.69, 9.17) is 16.3 Å². The molecule has 0 aliphatic carbocycles. The van der Waals surface area contributed by atoms with E-state index in [9.17, 15) is 8.42 Å². The third-order valence-corrected chi connectivity index (χ3v) is 7.49. The average Bonchev–Trinajstić information content (AvgIpc) is 3.05. The van der Waals surface area contributed by atoms with Crippen molar-refractivity contribution in [1.29, 1.82) is 0 Å². The largest absolute Gasteiger partial charge is 0.467 e. The number of thiazole rings is 1. The van der Waals surface area contributed by atoms with Crippen LogP contribution in [0.15, 0.2) is 53.4 Å². The predicted molar refractivity (Wildman–Crippen MR) is 103 cm³/mol. The fourth-order valence-electron chi connectivity index (χ4n) is 2.99. The van der Waals surface area contributed by atoms with Crippen LogP contribution >= 0.6 is 22.9 Å². The molecule has 136 valence electrons. The van der Waals surface area contributed by atoms with E-state index in [0.717, 1.165) is 10.2 Å². The second-order valence-electron chi connectivity index (χ2n) is 6.12. The lowest BCUT2D eigenvalue weighted by Gasteiger charge is -2.30. The topological polar surface area (TPSA) is 59.5 Å². The van der Waals surface area contributed by atoms with Crippen molar-refractivity contribution in [2.24, 2.45) is 0 Å². The normalized spacial score (nSPS) is 16.8. The van der Waals surface area contributed by atoms with E-state index in [1.54, 1.807) is 24.3 Å². The van der Waals surface area contributed by atoms with Crippen molar-refractivity contribution in [1.82, 2.24) is 9.29 Å². The van der Waals surface area contributed by atoms with Crippen LogP contribution < -0.4 is 4.74 Å². The number of rotatable bonds is 4. The number of para-hydroxylation sites is 1. The molecule has 5 nitrogen and oxygen atoms in total. The minimum absolute atomic E-state index is 0.0211. The van der Waals surface area contributed by atoms with Gasteiger partial charge in [-0.3, -0.25) is 0 Å². The van der Waals surface area contributed by atoms with Crippen molar-refractivity contribution < 1.29 is 13.2 Å². The summed E-state index contributed by atoms with van der Waals surface area (Å²) in [7, 11) is -3.49. The first-order chi connectivity index (χ1) is 12.5. The number of sulfonamides is 1. The first kappa shape index (κ1) is 17.7. The van der Waals surface area contributed by atoms with Gasteiger partial charge >= 0.3 is 0 Å². The molecule has 1 aliphatic rings. The molecule has 0 radical (unpaired) electrons. The SMILES string of the molecule is O=S(=O)(c1ccc(Cl)cc1)N1CCC(Oc2nc3ccccc3s2)CC1. The second kappa shape index (κ2) is 7.15. The summed E-state index contributed by atoms with van der Waals surface area (Å²) < 4.78 is 34.0. The van der Waals surface area contributed by atoms with Crippen LogP contribution in [0.1, 0.15) is 12.8 Å². The Morgan fingerprint density at radius 1 is 1.08 bits per heavy atom. The quantitative estimate of drug-likeness (QED) is 0.649. The van der Waals surface area contributed by atoms with Crippen molar-refractivity contribution in [3.8, 4) is 5.19 Å². The molecule has 1 fully saturated rings. The third-order valence-electron chi connectivity index (χ3n) is 4.39. The van der Waals surface area contributed by atoms with Crippen LogP contribution in [-0.2, 0) is 10.0 Å². The number of benzene rings is 2. The highest BCUT2D eigenvalue weighted by atomic mass is 35.5. The van der Waals surface area contributed by atoms with Crippen molar-refractivity contribution in [3.05, 3.63) is 53.6 Å². The lowest BCUT2D eigenvalue weighted by molar-refractivity contribution is 0.135. The second-order valence-corrected chi connectivity index (χ2v) is 9.49. The Balaban J connectivity index is 1.41. The van der Waals surface area contributed by atoms with Gasteiger partial charge in [-0.25, -0.2) is 13.4 Å². The lowest BCUT2D eigenvalue weighted by Crippen LogP contribution is -2.41. The lowest BCUT2D eigenvalue weighted by atomic mass is 10.1. The Bertz CT molecular complexity index is 977. The van der Waals surface area contributed by atoms with Crippen LogP contribution in [0.2, 0.25) is 5.02 Å². The van der Waals surface area contributed by atoms with Gasteiger partial charge in [-0.1, -0.05) is 35.1 Å². The molecule has 8 heteroatoms. The smallest absolute Gasteiger partial charge is 0.274 e. The van der Waals surface area contributed by atoms with Gasteiger partial charge in [0.2, 0.25) is 10.0 Å². The Labute approximate surface area is 161 Å². The molecule has 4 rings (SSSR count). The van der Waals surface area contributed by atoms with Crippen LogP contribution in [0.25, 0.3) is 10.2 Å². The summed E-state index contributed by atoms with van der Waals surface area (Å²) in [6.45, 7) is 0.862. The maximum atomic E-state index is 12.7. The zero-order valence-corrected chi connectivity index (χ0v) is 16.2. The van der Waals surface area contributed by atoms with Gasteiger partial charge in [-0.2, -0.15) is 4.31 Å². The van der Waals surface area contributed by atoms with E-state index >= 15 is 0 Å². The minimum atomic E-state index is -3.49. The number of fused-ring (bicyclic) bond motifs is 1. The van der Waals surface area contributed by atoms with Crippen LogP contribution in [0.3, 0.4) is 0 Å². The molecule has 0 saturated carbocycles. The summed E-state index contributed by atoms with van der Waals surface area (Å²) in [5.41, 5.74) is 0.926. The van der Waals surface area contributed by atoms with Gasteiger partial charge in [0, 0.05) is 18.1 Å². The molecule has 2 aromatic carbocycles. The number of piperidine rings is 1. The van der Waals surface area contributed by atoms with Crippen molar-refractivity contribution in [2.45, 2.75) is 23.8 Å². The standard InChI is InChI=1S/C18H17ClN2O3S2/c19-13-5-7-15(8-6-13)26(22,23)21-11-9-14(10-12-21)24-18-20-16-3-1-2-4-17(16)25-18/h1-8,14H,9-12H2. The van der Waals surface area contributed by atoms with Gasteiger partial charge < -0.3 is 4.74 Å². The van der Waals surface area contributed by atoms with E-state index in [1.807, 2.05) is 24.3 Å². The van der Waals surface area contributed by atoms with E-state index < -0.39 is 10.0 Å². The number of hydrogen-bond acceptors (Lipinski definition) is 5. The number of aromatic nitrogens is 1. The van der Waals surface area contributed by atoms with Gasteiger partial charge in [0.25, 0.3) is 5.19 Å². The molecule has 1 saturated heterocycles. The van der Waals surface area contributed by atoms with E-state index in [0.29, 0.717) is 36.1 Å². The highest BCUT2D eigenvalue weighted by Gasteiger charge is 2.30. The molecule has 0 bridgehead atoms. The third kappa shape index (κ3) is 3.57. The fraction of sp³-hybridized carbons (Fsp3) is 0.278. The number of halogens is 1. The van der Waals surface area contributed by atoms with Crippen molar-refractivity contribution >= 4 is 43.2 Å². The number of nitrogens with zero attached hydrogens (tertiary/aromatic N) is 2. The minimum Gasteiger partial charge on any atom is -0.467 e. The maximum absolute atomic E-state index is 12.7. The van der Waals surface area contributed by atoms with Crippen molar-refractivity contribution in [3.63, 3.8) is 0 Å². The molecular weight excluding hydrogens is 392 g/mol. The summed E-state index contributed by atoms with van der Waals surface area (Å²) in [6.07, 6.45) is 1.26. The monoisotopic (exact) mass is 408 g/mol. The van der Waals surface area contributed by atoms with Crippen LogP contribution in [0, 0.1) is 0 Å². The van der Waals surface area contributed by atoms with Gasteiger partial charge in [0.1, 0.15) is 6.10 Å². The first-order valence-electron chi connectivity index (χ1n) is 8.30. The molecule has 26 heavy (non-hydrogen) atoms. The molecule has 0 atom stereocenters. The zero-order valence-electron chi connectivity index (χ0n) is 13.8. The molecule has 3 aromatic rings. The van der Waals surface area contributed by atoms with E-state index in [2.05, 4.69) is 4.98 Å². The fourth-order valence-corrected chi connectivity index (χ4v) is 5.47. The highest BCUT2D eigenvalue weighted by Crippen LogP contribution is 2.30. The Hall–Kier alpha value is -1.67. The molecule has 0 N–H and O–H groups in total. The van der Waals surface area contributed by atoms with Crippen LogP contribution in [-0.4, -0.2) is 36.9 Å². The molecule has 1 aliphatic heterocycles. The van der Waals surface area contributed by atoms with E-state index in [1.165, 1.54) is 15.6 Å². The average molecular weight is 409 g/mol. The highest BCUT2D eigenvalue weighted by molar-refractivity contribution is 7.89. The van der Waals surface area contributed by atoms with Crippen LogP contribution in [0.5, 0.6) is 5.19 Å². The first-order valence-corrected chi connectivity index (χ1v) is 10.9. The van der Waals surface area contributed by atoms with Crippen molar-refractivity contribution in [2.75, 3.05) is 13.1 Å². The molecule has 2 heterocycles. The Morgan fingerprint density at radius 2 is 1.77 bits per heavy atom. The predicted octanol–water partition coefficient (Wildman–Crippen LogP) is 4.18. The Morgan fingerprint density at radius 3 is 2.46 bits per heavy atom.